The van der Waals surface area contributed by atoms with Gasteiger partial charge in [-0.3, -0.25) is 4.90 Å². The highest BCUT2D eigenvalue weighted by Gasteiger charge is 2.31. The van der Waals surface area contributed by atoms with Gasteiger partial charge >= 0.3 is 0 Å². The molecule has 1 aliphatic rings. The zero-order chi connectivity index (χ0) is 15.4. The van der Waals surface area contributed by atoms with Gasteiger partial charge in [-0.2, -0.15) is 0 Å². The van der Waals surface area contributed by atoms with E-state index in [4.69, 9.17) is 0 Å². The van der Waals surface area contributed by atoms with E-state index in [1.165, 1.54) is 22.1 Å². The Kier molecular flexibility index (Phi) is 6.51. The largest absolute Gasteiger partial charge is 0.311 e. The minimum atomic E-state index is 0.633. The Labute approximate surface area is 143 Å². The van der Waals surface area contributed by atoms with Crippen LogP contribution in [0, 0.1) is 15.4 Å². The molecule has 3 unspecified atom stereocenters. The molecule has 1 heterocycles. The summed E-state index contributed by atoms with van der Waals surface area (Å²) in [5, 5.41) is 3.78. The predicted molar refractivity (Wildman–Crippen MR) is 99.4 cm³/mol. The zero-order valence-electron chi connectivity index (χ0n) is 13.8. The third kappa shape index (κ3) is 4.67. The second-order valence-electron chi connectivity index (χ2n) is 6.77. The van der Waals surface area contributed by atoms with E-state index in [2.05, 4.69) is 84.8 Å². The number of piperazine rings is 1. The van der Waals surface area contributed by atoms with Gasteiger partial charge in [0.1, 0.15) is 0 Å². The normalized spacial score (nSPS) is 25.2. The number of halogens is 1. The zero-order valence-corrected chi connectivity index (χ0v) is 15.9. The lowest BCUT2D eigenvalue weighted by Crippen LogP contribution is -2.59. The highest BCUT2D eigenvalue weighted by Crippen LogP contribution is 2.22. The third-order valence-electron chi connectivity index (χ3n) is 4.89. The Balaban J connectivity index is 2.08. The van der Waals surface area contributed by atoms with Crippen LogP contribution in [0.2, 0.25) is 0 Å². The number of nitrogens with zero attached hydrogens (tertiary/aromatic N) is 1. The Morgan fingerprint density at radius 2 is 1.90 bits per heavy atom. The first-order valence-corrected chi connectivity index (χ1v) is 9.31. The van der Waals surface area contributed by atoms with Gasteiger partial charge in [-0.15, -0.1) is 0 Å². The van der Waals surface area contributed by atoms with Crippen LogP contribution >= 0.6 is 22.6 Å². The fourth-order valence-electron chi connectivity index (χ4n) is 3.18. The third-order valence-corrected chi connectivity index (χ3v) is 5.61. The van der Waals surface area contributed by atoms with Crippen molar-refractivity contribution in [2.24, 2.45) is 11.8 Å². The topological polar surface area (TPSA) is 15.3 Å². The Bertz CT molecular complexity index is 429. The van der Waals surface area contributed by atoms with Gasteiger partial charge in [0.05, 0.1) is 0 Å². The van der Waals surface area contributed by atoms with E-state index >= 15 is 0 Å². The lowest BCUT2D eigenvalue weighted by Gasteiger charge is -2.44. The van der Waals surface area contributed by atoms with Crippen molar-refractivity contribution >= 4 is 22.6 Å². The molecule has 0 amide bonds. The molecule has 2 rings (SSSR count). The lowest BCUT2D eigenvalue weighted by atomic mass is 9.92. The summed E-state index contributed by atoms with van der Waals surface area (Å²) in [6.45, 7) is 12.7. The summed E-state index contributed by atoms with van der Waals surface area (Å²) in [7, 11) is 0. The standard InChI is InChI=1S/C18H29IN2/c1-5-14(4)17-12-21(18(10-20-17)13(2)3)11-15-6-8-16(19)9-7-15/h6-9,13-14,17-18,20H,5,10-12H2,1-4H3. The van der Waals surface area contributed by atoms with Gasteiger partial charge in [0.2, 0.25) is 0 Å². The Hall–Kier alpha value is -0.130. The van der Waals surface area contributed by atoms with E-state index < -0.39 is 0 Å². The summed E-state index contributed by atoms with van der Waals surface area (Å²) in [4.78, 5) is 2.69. The second kappa shape index (κ2) is 7.93. The average molecular weight is 400 g/mol. The molecular weight excluding hydrogens is 371 g/mol. The molecule has 3 heteroatoms. The van der Waals surface area contributed by atoms with Crippen molar-refractivity contribution in [3.05, 3.63) is 33.4 Å². The van der Waals surface area contributed by atoms with E-state index in [0.717, 1.165) is 19.0 Å². The molecule has 0 aromatic heterocycles. The number of hydrogen-bond donors (Lipinski definition) is 1. The van der Waals surface area contributed by atoms with Gasteiger partial charge in [0.15, 0.2) is 0 Å². The summed E-state index contributed by atoms with van der Waals surface area (Å²) in [6, 6.07) is 10.3. The maximum atomic E-state index is 3.78. The van der Waals surface area contributed by atoms with Crippen LogP contribution in [-0.4, -0.2) is 30.1 Å². The van der Waals surface area contributed by atoms with E-state index in [1.54, 1.807) is 0 Å². The SMILES string of the molecule is CCC(C)C1CN(Cc2ccc(I)cc2)C(C(C)C)CN1. The summed E-state index contributed by atoms with van der Waals surface area (Å²) in [5.74, 6) is 1.44. The highest BCUT2D eigenvalue weighted by molar-refractivity contribution is 14.1. The van der Waals surface area contributed by atoms with Crippen LogP contribution in [-0.2, 0) is 6.54 Å². The molecule has 1 N–H and O–H groups in total. The van der Waals surface area contributed by atoms with E-state index in [9.17, 15) is 0 Å². The molecule has 0 aliphatic carbocycles. The number of hydrogen-bond acceptors (Lipinski definition) is 2. The molecule has 1 aromatic rings. The molecule has 1 aromatic carbocycles. The van der Waals surface area contributed by atoms with Crippen LogP contribution in [0.3, 0.4) is 0 Å². The van der Waals surface area contributed by atoms with E-state index in [0.29, 0.717) is 18.0 Å². The molecule has 0 saturated carbocycles. The van der Waals surface area contributed by atoms with Crippen molar-refractivity contribution < 1.29 is 0 Å². The molecule has 3 atom stereocenters. The summed E-state index contributed by atoms with van der Waals surface area (Å²) in [5.41, 5.74) is 1.44. The molecule has 1 saturated heterocycles. The maximum Gasteiger partial charge on any atom is 0.0247 e. The first kappa shape index (κ1) is 17.2. The van der Waals surface area contributed by atoms with Crippen molar-refractivity contribution in [2.75, 3.05) is 13.1 Å². The van der Waals surface area contributed by atoms with Crippen LogP contribution in [0.1, 0.15) is 39.7 Å². The minimum absolute atomic E-state index is 0.633. The quantitative estimate of drug-likeness (QED) is 0.748. The van der Waals surface area contributed by atoms with E-state index in [-0.39, 0.29) is 0 Å². The van der Waals surface area contributed by atoms with E-state index in [1.807, 2.05) is 0 Å². The van der Waals surface area contributed by atoms with Gasteiger partial charge in [-0.05, 0) is 52.1 Å². The highest BCUT2D eigenvalue weighted by atomic mass is 127. The maximum absolute atomic E-state index is 3.78. The van der Waals surface area contributed by atoms with Gasteiger partial charge in [-0.25, -0.2) is 0 Å². The smallest absolute Gasteiger partial charge is 0.0247 e. The van der Waals surface area contributed by atoms with Gasteiger partial charge in [0, 0.05) is 35.3 Å². The Morgan fingerprint density at radius 1 is 1.24 bits per heavy atom. The molecule has 118 valence electrons. The minimum Gasteiger partial charge on any atom is -0.311 e. The molecule has 1 fully saturated rings. The fourth-order valence-corrected chi connectivity index (χ4v) is 3.54. The number of nitrogens with one attached hydrogen (secondary N) is 1. The molecular formula is C18H29IN2. The average Bonchev–Trinajstić information content (AvgIpc) is 2.48. The molecule has 0 spiro atoms. The first-order valence-electron chi connectivity index (χ1n) is 8.23. The van der Waals surface area contributed by atoms with Crippen LogP contribution in [0.15, 0.2) is 24.3 Å². The van der Waals surface area contributed by atoms with Gasteiger partial charge < -0.3 is 5.32 Å². The monoisotopic (exact) mass is 400 g/mol. The summed E-state index contributed by atoms with van der Waals surface area (Å²) >= 11 is 2.38. The van der Waals surface area contributed by atoms with Gasteiger partial charge in [-0.1, -0.05) is 46.2 Å². The molecule has 2 nitrogen and oxygen atoms in total. The fraction of sp³-hybridized carbons (Fsp3) is 0.667. The predicted octanol–water partition coefficient (Wildman–Crippen LogP) is 4.14. The lowest BCUT2D eigenvalue weighted by molar-refractivity contribution is 0.0753. The molecule has 21 heavy (non-hydrogen) atoms. The summed E-state index contributed by atoms with van der Waals surface area (Å²) in [6.07, 6.45) is 1.25. The van der Waals surface area contributed by atoms with Crippen molar-refractivity contribution in [2.45, 2.75) is 52.7 Å². The second-order valence-corrected chi connectivity index (χ2v) is 8.01. The van der Waals surface area contributed by atoms with Crippen molar-refractivity contribution in [1.82, 2.24) is 10.2 Å². The van der Waals surface area contributed by atoms with Crippen LogP contribution in [0.5, 0.6) is 0 Å². The number of rotatable bonds is 5. The van der Waals surface area contributed by atoms with Crippen molar-refractivity contribution in [3.63, 3.8) is 0 Å². The number of benzene rings is 1. The molecule has 0 radical (unpaired) electrons. The van der Waals surface area contributed by atoms with Crippen molar-refractivity contribution in [3.8, 4) is 0 Å². The van der Waals surface area contributed by atoms with Gasteiger partial charge in [0.25, 0.3) is 0 Å². The van der Waals surface area contributed by atoms with Crippen molar-refractivity contribution in [1.29, 1.82) is 0 Å². The summed E-state index contributed by atoms with van der Waals surface area (Å²) < 4.78 is 1.31. The molecule has 0 bridgehead atoms. The molecule has 1 aliphatic heterocycles. The Morgan fingerprint density at radius 3 is 2.48 bits per heavy atom. The van der Waals surface area contributed by atoms with Crippen LogP contribution in [0.25, 0.3) is 0 Å². The van der Waals surface area contributed by atoms with Crippen LogP contribution < -0.4 is 5.32 Å². The first-order chi connectivity index (χ1) is 10.0. The van der Waals surface area contributed by atoms with Crippen LogP contribution in [0.4, 0.5) is 0 Å².